The summed E-state index contributed by atoms with van der Waals surface area (Å²) >= 11 is 0. The summed E-state index contributed by atoms with van der Waals surface area (Å²) in [5.41, 5.74) is 0. The zero-order valence-electron chi connectivity index (χ0n) is 25.4. The van der Waals surface area contributed by atoms with Crippen molar-refractivity contribution < 1.29 is 40.6 Å². The summed E-state index contributed by atoms with van der Waals surface area (Å²) in [5.74, 6) is 0. The van der Waals surface area contributed by atoms with Crippen LogP contribution in [0.15, 0.2) is 24.8 Å². The van der Waals surface area contributed by atoms with Gasteiger partial charge in [0.05, 0.1) is 19.0 Å². The molecule has 0 aliphatic heterocycles. The second kappa shape index (κ2) is 26.9. The highest BCUT2D eigenvalue weighted by Crippen LogP contribution is 2.14. The van der Waals surface area contributed by atoms with Crippen LogP contribution in [-0.4, -0.2) is 43.2 Å². The molecule has 39 heavy (non-hydrogen) atoms. The molecule has 7 nitrogen and oxygen atoms in total. The molecule has 3 atom stereocenters. The van der Waals surface area contributed by atoms with Crippen LogP contribution in [0.2, 0.25) is 0 Å². The minimum Gasteiger partial charge on any atom is -1.00 e. The standard InChI is InChI=1S/C31H57N3O4.BrH/c1-5-7-8-9-10-11-12-13-14-15-16-17-18-21-29(6-2)33-31(35)38-30(28(3)36-4)37-27-20-19-24-34-25-22-32-23-26-34;/h22-23,25-26,28-30H,5-21,24,27H2,1-4H3;1H. The van der Waals surface area contributed by atoms with E-state index >= 15 is 0 Å². The quantitative estimate of drug-likeness (QED) is 0.0995. The molecule has 228 valence electrons. The summed E-state index contributed by atoms with van der Waals surface area (Å²) in [6, 6.07) is 0.131. The summed E-state index contributed by atoms with van der Waals surface area (Å²) in [6.07, 6.45) is 27.2. The number of aryl methyl sites for hydroxylation is 1. The largest absolute Gasteiger partial charge is 1.00 e. The molecule has 1 amide bonds. The van der Waals surface area contributed by atoms with Crippen molar-refractivity contribution in [1.29, 1.82) is 0 Å². The van der Waals surface area contributed by atoms with Gasteiger partial charge in [0.1, 0.15) is 12.6 Å². The summed E-state index contributed by atoms with van der Waals surface area (Å²) in [7, 11) is 1.60. The normalized spacial score (nSPS) is 13.3. The van der Waals surface area contributed by atoms with Gasteiger partial charge in [-0.15, -0.1) is 0 Å². The molecule has 1 rings (SSSR count). The number of nitrogens with zero attached hydrogens (tertiary/aromatic N) is 2. The highest BCUT2D eigenvalue weighted by atomic mass is 79.9. The van der Waals surface area contributed by atoms with Crippen LogP contribution in [-0.2, 0) is 20.8 Å². The topological polar surface area (TPSA) is 73.6 Å². The molecule has 1 aromatic rings. The first-order valence-corrected chi connectivity index (χ1v) is 15.5. The SMILES string of the molecule is CCCCCCCCCCCCCCCC(CC)NC(=O)OC(OCCCC[n+]1ccncc1)C(C)OC.[Br-]. The molecule has 1 aromatic heterocycles. The second-order valence-corrected chi connectivity index (χ2v) is 10.6. The first kappa shape index (κ1) is 37.8. The van der Waals surface area contributed by atoms with E-state index in [2.05, 4.69) is 28.7 Å². The van der Waals surface area contributed by atoms with E-state index in [-0.39, 0.29) is 29.1 Å². The van der Waals surface area contributed by atoms with Crippen molar-refractivity contribution in [1.82, 2.24) is 10.3 Å². The van der Waals surface area contributed by atoms with Gasteiger partial charge in [-0.2, -0.15) is 0 Å². The number of amides is 1. The summed E-state index contributed by atoms with van der Waals surface area (Å²) in [6.45, 7) is 7.65. The number of hydrogen-bond acceptors (Lipinski definition) is 5. The highest BCUT2D eigenvalue weighted by molar-refractivity contribution is 5.67. The molecule has 0 bridgehead atoms. The maximum absolute atomic E-state index is 12.6. The average Bonchev–Trinajstić information content (AvgIpc) is 2.94. The zero-order valence-corrected chi connectivity index (χ0v) is 27.0. The Bertz CT molecular complexity index is 668. The molecule has 1 N–H and O–H groups in total. The van der Waals surface area contributed by atoms with Gasteiger partial charge in [0.25, 0.3) is 0 Å². The van der Waals surface area contributed by atoms with Crippen LogP contribution in [0.4, 0.5) is 4.79 Å². The fourth-order valence-corrected chi connectivity index (χ4v) is 4.56. The van der Waals surface area contributed by atoms with Crippen molar-refractivity contribution in [3.8, 4) is 0 Å². The average molecular weight is 617 g/mol. The predicted molar refractivity (Wildman–Crippen MR) is 154 cm³/mol. The molecule has 0 aliphatic carbocycles. The molecule has 1 heterocycles. The molecule has 0 fully saturated rings. The van der Waals surface area contributed by atoms with Crippen LogP contribution < -0.4 is 26.9 Å². The number of methoxy groups -OCH3 is 1. The fourth-order valence-electron chi connectivity index (χ4n) is 4.56. The summed E-state index contributed by atoms with van der Waals surface area (Å²) in [5, 5.41) is 3.04. The number of halogens is 1. The number of ether oxygens (including phenoxy) is 3. The lowest BCUT2D eigenvalue weighted by Crippen LogP contribution is -3.00. The van der Waals surface area contributed by atoms with E-state index in [0.29, 0.717) is 6.61 Å². The Morgan fingerprint density at radius 2 is 1.41 bits per heavy atom. The minimum atomic E-state index is -0.720. The molecule has 3 unspecified atom stereocenters. The second-order valence-electron chi connectivity index (χ2n) is 10.6. The molecule has 0 saturated heterocycles. The zero-order chi connectivity index (χ0) is 27.7. The Hall–Kier alpha value is -1.25. The van der Waals surface area contributed by atoms with Crippen LogP contribution in [0.25, 0.3) is 0 Å². The highest BCUT2D eigenvalue weighted by Gasteiger charge is 2.23. The molecular formula is C31H58BrN3O4. The van der Waals surface area contributed by atoms with E-state index in [1.807, 2.05) is 19.3 Å². The number of aromatic nitrogens is 2. The fraction of sp³-hybridized carbons (Fsp3) is 0.839. The van der Waals surface area contributed by atoms with Gasteiger partial charge in [-0.3, -0.25) is 4.98 Å². The summed E-state index contributed by atoms with van der Waals surface area (Å²) < 4.78 is 19.0. The monoisotopic (exact) mass is 615 g/mol. The van der Waals surface area contributed by atoms with E-state index in [0.717, 1.165) is 38.6 Å². The molecule has 8 heteroatoms. The number of rotatable bonds is 25. The van der Waals surface area contributed by atoms with E-state index in [9.17, 15) is 4.79 Å². The van der Waals surface area contributed by atoms with Gasteiger partial charge in [-0.05, 0) is 26.2 Å². The number of nitrogens with one attached hydrogen (secondary N) is 1. The van der Waals surface area contributed by atoms with Crippen molar-refractivity contribution >= 4 is 6.09 Å². The van der Waals surface area contributed by atoms with E-state index in [4.69, 9.17) is 14.2 Å². The molecule has 0 spiro atoms. The van der Waals surface area contributed by atoms with Crippen LogP contribution in [0, 0.1) is 0 Å². The third-order valence-electron chi connectivity index (χ3n) is 7.23. The Morgan fingerprint density at radius 1 is 0.846 bits per heavy atom. The van der Waals surface area contributed by atoms with E-state index in [1.54, 1.807) is 19.5 Å². The van der Waals surface area contributed by atoms with Gasteiger partial charge in [0, 0.05) is 19.6 Å². The van der Waals surface area contributed by atoms with Crippen LogP contribution in [0.1, 0.15) is 130 Å². The number of carbonyl (C=O) groups is 1. The number of hydrogen-bond donors (Lipinski definition) is 1. The maximum atomic E-state index is 12.6. The predicted octanol–water partition coefficient (Wildman–Crippen LogP) is 4.52. The Morgan fingerprint density at radius 3 is 1.95 bits per heavy atom. The number of unbranched alkanes of at least 4 members (excludes halogenated alkanes) is 13. The van der Waals surface area contributed by atoms with Gasteiger partial charge in [-0.25, -0.2) is 9.36 Å². The number of carbonyl (C=O) groups excluding carboxylic acids is 1. The van der Waals surface area contributed by atoms with Crippen molar-refractivity contribution in [3.63, 3.8) is 0 Å². The smallest absolute Gasteiger partial charge is 0.409 e. The molecule has 0 radical (unpaired) electrons. The maximum Gasteiger partial charge on any atom is 0.409 e. The molecule has 0 aliphatic rings. The third-order valence-corrected chi connectivity index (χ3v) is 7.23. The van der Waals surface area contributed by atoms with Gasteiger partial charge in [0.15, 0.2) is 12.4 Å². The lowest BCUT2D eigenvalue weighted by molar-refractivity contribution is -0.697. The first-order valence-electron chi connectivity index (χ1n) is 15.5. The number of alkyl carbamates (subject to hydrolysis) is 1. The van der Waals surface area contributed by atoms with Crippen LogP contribution in [0.3, 0.4) is 0 Å². The Labute approximate surface area is 249 Å². The Balaban J connectivity index is 0.0000144. The van der Waals surface area contributed by atoms with Gasteiger partial charge < -0.3 is 36.5 Å². The van der Waals surface area contributed by atoms with Gasteiger partial charge >= 0.3 is 6.09 Å². The Kier molecular flexibility index (Phi) is 26.1. The van der Waals surface area contributed by atoms with Gasteiger partial charge in [-0.1, -0.05) is 97.3 Å². The first-order chi connectivity index (χ1) is 18.6. The van der Waals surface area contributed by atoms with Crippen LogP contribution in [0.5, 0.6) is 0 Å². The van der Waals surface area contributed by atoms with Crippen molar-refractivity contribution in [2.24, 2.45) is 0 Å². The summed E-state index contributed by atoms with van der Waals surface area (Å²) in [4.78, 5) is 16.6. The minimum absolute atomic E-state index is 0. The molecule has 0 aromatic carbocycles. The van der Waals surface area contributed by atoms with Crippen molar-refractivity contribution in [2.75, 3.05) is 13.7 Å². The van der Waals surface area contributed by atoms with Gasteiger partial charge in [0.2, 0.25) is 6.29 Å². The van der Waals surface area contributed by atoms with Crippen molar-refractivity contribution in [2.45, 2.75) is 155 Å². The van der Waals surface area contributed by atoms with Crippen molar-refractivity contribution in [3.05, 3.63) is 24.8 Å². The van der Waals surface area contributed by atoms with E-state index < -0.39 is 12.4 Å². The van der Waals surface area contributed by atoms with Crippen LogP contribution >= 0.6 is 0 Å². The van der Waals surface area contributed by atoms with E-state index in [1.165, 1.54) is 77.0 Å². The molecule has 0 saturated carbocycles. The molecular weight excluding hydrogens is 558 g/mol. The lowest BCUT2D eigenvalue weighted by Gasteiger charge is -2.25. The third kappa shape index (κ3) is 21.2. The lowest BCUT2D eigenvalue weighted by atomic mass is 10.0.